The van der Waals surface area contributed by atoms with Crippen molar-refractivity contribution in [2.24, 2.45) is 0 Å². The average molecular weight is 483 g/mol. The Morgan fingerprint density at radius 1 is 0.882 bits per heavy atom. The van der Waals surface area contributed by atoms with Crippen LogP contribution in [0.25, 0.3) is 10.8 Å². The second kappa shape index (κ2) is 10.2. The summed E-state index contributed by atoms with van der Waals surface area (Å²) >= 11 is 0. The van der Waals surface area contributed by atoms with Gasteiger partial charge in [-0.25, -0.2) is 13.2 Å². The van der Waals surface area contributed by atoms with Crippen LogP contribution in [0.1, 0.15) is 17.3 Å². The molecule has 1 amide bonds. The highest BCUT2D eigenvalue weighted by atomic mass is 32.2. The van der Waals surface area contributed by atoms with Crippen molar-refractivity contribution < 1.29 is 27.5 Å². The summed E-state index contributed by atoms with van der Waals surface area (Å²) < 4.78 is 38.0. The first-order chi connectivity index (χ1) is 16.4. The summed E-state index contributed by atoms with van der Waals surface area (Å²) in [6.45, 7) is 2.80. The molecule has 3 aromatic rings. The number of rotatable bonds is 7. The van der Waals surface area contributed by atoms with Crippen molar-refractivity contribution in [3.8, 4) is 5.75 Å². The summed E-state index contributed by atoms with van der Waals surface area (Å²) in [7, 11) is -3.67. The van der Waals surface area contributed by atoms with E-state index >= 15 is 0 Å². The molecule has 0 spiro atoms. The monoisotopic (exact) mass is 482 g/mol. The Morgan fingerprint density at radius 3 is 2.24 bits per heavy atom. The van der Waals surface area contributed by atoms with Crippen LogP contribution in [0, 0.1) is 0 Å². The summed E-state index contributed by atoms with van der Waals surface area (Å²) in [6, 6.07) is 19.1. The first kappa shape index (κ1) is 23.7. The number of nitrogens with zero attached hydrogens (tertiary/aromatic N) is 2. The first-order valence-electron chi connectivity index (χ1n) is 11.0. The van der Waals surface area contributed by atoms with Gasteiger partial charge in [0.15, 0.2) is 6.61 Å². The van der Waals surface area contributed by atoms with E-state index in [0.29, 0.717) is 17.9 Å². The number of fused-ring (bicyclic) bond motifs is 1. The number of piperazine rings is 1. The third-order valence-corrected chi connectivity index (χ3v) is 7.57. The van der Waals surface area contributed by atoms with Crippen molar-refractivity contribution >= 4 is 32.7 Å². The molecule has 1 aliphatic rings. The normalized spacial score (nSPS) is 14.7. The molecule has 3 aromatic carbocycles. The van der Waals surface area contributed by atoms with Crippen LogP contribution in [0.3, 0.4) is 0 Å². The summed E-state index contributed by atoms with van der Waals surface area (Å²) in [6.07, 6.45) is 0. The van der Waals surface area contributed by atoms with Gasteiger partial charge in [-0.2, -0.15) is 4.31 Å². The summed E-state index contributed by atoms with van der Waals surface area (Å²) in [5.41, 5.74) is 0.322. The van der Waals surface area contributed by atoms with E-state index < -0.39 is 22.6 Å². The third kappa shape index (κ3) is 5.21. The van der Waals surface area contributed by atoms with Gasteiger partial charge in [-0.15, -0.1) is 0 Å². The number of carbonyl (C=O) groups excluding carboxylic acids is 2. The van der Waals surface area contributed by atoms with Crippen LogP contribution in [-0.2, 0) is 19.6 Å². The predicted molar refractivity (Wildman–Crippen MR) is 127 cm³/mol. The van der Waals surface area contributed by atoms with Crippen molar-refractivity contribution in [3.63, 3.8) is 0 Å². The first-order valence-corrected chi connectivity index (χ1v) is 12.5. The van der Waals surface area contributed by atoms with E-state index in [2.05, 4.69) is 0 Å². The van der Waals surface area contributed by atoms with Crippen LogP contribution >= 0.6 is 0 Å². The van der Waals surface area contributed by atoms with Crippen LogP contribution in [0.4, 0.5) is 0 Å². The standard InChI is InChI=1S/C25H26N2O6S/c1-2-32-22-10-7-20(8-11-22)25(29)33-18-24(28)26-13-15-27(16-14-26)34(30,31)23-12-9-19-5-3-4-6-21(19)17-23/h3-12,17H,2,13-16,18H2,1H3. The molecular formula is C25H26N2O6S. The number of sulfonamides is 1. The Balaban J connectivity index is 1.31. The topological polar surface area (TPSA) is 93.2 Å². The van der Waals surface area contributed by atoms with Gasteiger partial charge < -0.3 is 14.4 Å². The Bertz CT molecular complexity index is 1280. The smallest absolute Gasteiger partial charge is 0.338 e. The van der Waals surface area contributed by atoms with Crippen molar-refractivity contribution in [3.05, 3.63) is 72.3 Å². The lowest BCUT2D eigenvalue weighted by molar-refractivity contribution is -0.135. The SMILES string of the molecule is CCOc1ccc(C(=O)OCC(=O)N2CCN(S(=O)(=O)c3ccc4ccccc4c3)CC2)cc1. The van der Waals surface area contributed by atoms with Crippen molar-refractivity contribution in [1.29, 1.82) is 0 Å². The van der Waals surface area contributed by atoms with Crippen LogP contribution in [0.15, 0.2) is 71.6 Å². The maximum atomic E-state index is 13.1. The van der Waals surface area contributed by atoms with Crippen LogP contribution in [0.2, 0.25) is 0 Å². The van der Waals surface area contributed by atoms with E-state index in [4.69, 9.17) is 9.47 Å². The second-order valence-electron chi connectivity index (χ2n) is 7.83. The van der Waals surface area contributed by atoms with Crippen LogP contribution < -0.4 is 4.74 Å². The van der Waals surface area contributed by atoms with Gasteiger partial charge in [0, 0.05) is 26.2 Å². The van der Waals surface area contributed by atoms with E-state index in [1.807, 2.05) is 31.2 Å². The van der Waals surface area contributed by atoms with Gasteiger partial charge in [0.25, 0.3) is 5.91 Å². The molecule has 0 bridgehead atoms. The maximum absolute atomic E-state index is 13.1. The molecule has 0 unspecified atom stereocenters. The lowest BCUT2D eigenvalue weighted by Crippen LogP contribution is -2.51. The van der Waals surface area contributed by atoms with Gasteiger partial charge >= 0.3 is 5.97 Å². The molecule has 1 saturated heterocycles. The van der Waals surface area contributed by atoms with E-state index in [-0.39, 0.29) is 37.0 Å². The molecule has 4 rings (SSSR count). The molecule has 0 atom stereocenters. The zero-order valence-electron chi connectivity index (χ0n) is 18.8. The number of hydrogen-bond acceptors (Lipinski definition) is 6. The van der Waals surface area contributed by atoms with Crippen molar-refractivity contribution in [1.82, 2.24) is 9.21 Å². The molecule has 1 fully saturated rings. The zero-order chi connectivity index (χ0) is 24.1. The van der Waals surface area contributed by atoms with Crippen LogP contribution in [-0.4, -0.2) is 68.9 Å². The lowest BCUT2D eigenvalue weighted by atomic mass is 10.1. The number of benzene rings is 3. The molecule has 0 saturated carbocycles. The Kier molecular flexibility index (Phi) is 7.14. The molecule has 8 nitrogen and oxygen atoms in total. The number of esters is 1. The molecule has 1 aliphatic heterocycles. The summed E-state index contributed by atoms with van der Waals surface area (Å²) in [5, 5.41) is 1.82. The highest BCUT2D eigenvalue weighted by Crippen LogP contribution is 2.23. The fourth-order valence-electron chi connectivity index (χ4n) is 3.81. The number of hydrogen-bond donors (Lipinski definition) is 0. The predicted octanol–water partition coefficient (Wildman–Crippen LogP) is 2.93. The second-order valence-corrected chi connectivity index (χ2v) is 9.77. The summed E-state index contributed by atoms with van der Waals surface area (Å²) in [5.74, 6) is -0.317. The molecule has 0 aromatic heterocycles. The molecule has 0 aliphatic carbocycles. The quantitative estimate of drug-likeness (QED) is 0.481. The van der Waals surface area contributed by atoms with Crippen LogP contribution in [0.5, 0.6) is 5.75 Å². The van der Waals surface area contributed by atoms with Gasteiger partial charge in [-0.3, -0.25) is 4.79 Å². The summed E-state index contributed by atoms with van der Waals surface area (Å²) in [4.78, 5) is 26.5. The molecule has 34 heavy (non-hydrogen) atoms. The molecule has 178 valence electrons. The van der Waals surface area contributed by atoms with Gasteiger partial charge in [0.2, 0.25) is 10.0 Å². The van der Waals surface area contributed by atoms with E-state index in [1.54, 1.807) is 42.5 Å². The lowest BCUT2D eigenvalue weighted by Gasteiger charge is -2.33. The minimum Gasteiger partial charge on any atom is -0.494 e. The number of amides is 1. The third-order valence-electron chi connectivity index (χ3n) is 5.68. The Hall–Kier alpha value is -3.43. The van der Waals surface area contributed by atoms with Gasteiger partial charge in [0.1, 0.15) is 5.75 Å². The Labute approximate surface area is 198 Å². The van der Waals surface area contributed by atoms with Gasteiger partial charge in [0.05, 0.1) is 17.1 Å². The van der Waals surface area contributed by atoms with Crippen molar-refractivity contribution in [2.45, 2.75) is 11.8 Å². The maximum Gasteiger partial charge on any atom is 0.338 e. The molecular weight excluding hydrogens is 456 g/mol. The Morgan fingerprint density at radius 2 is 1.56 bits per heavy atom. The zero-order valence-corrected chi connectivity index (χ0v) is 19.7. The molecule has 0 radical (unpaired) electrons. The van der Waals surface area contributed by atoms with E-state index in [0.717, 1.165) is 10.8 Å². The highest BCUT2D eigenvalue weighted by molar-refractivity contribution is 7.89. The molecule has 9 heteroatoms. The van der Waals surface area contributed by atoms with Crippen molar-refractivity contribution in [2.75, 3.05) is 39.4 Å². The number of ether oxygens (including phenoxy) is 2. The van der Waals surface area contributed by atoms with E-state index in [1.165, 1.54) is 9.21 Å². The minimum absolute atomic E-state index is 0.174. The van der Waals surface area contributed by atoms with Gasteiger partial charge in [-0.1, -0.05) is 30.3 Å². The number of carbonyl (C=O) groups is 2. The highest BCUT2D eigenvalue weighted by Gasteiger charge is 2.30. The average Bonchev–Trinajstić information content (AvgIpc) is 2.87. The van der Waals surface area contributed by atoms with Gasteiger partial charge in [-0.05, 0) is 54.1 Å². The fourth-order valence-corrected chi connectivity index (χ4v) is 5.27. The molecule has 1 heterocycles. The molecule has 0 N–H and O–H groups in total. The largest absolute Gasteiger partial charge is 0.494 e. The van der Waals surface area contributed by atoms with E-state index in [9.17, 15) is 18.0 Å². The minimum atomic E-state index is -3.67. The fraction of sp³-hybridized carbons (Fsp3) is 0.280.